The molecule has 3 rings (SSSR count). The van der Waals surface area contributed by atoms with E-state index >= 15 is 0 Å². The van der Waals surface area contributed by atoms with Crippen LogP contribution in [0, 0.1) is 27.4 Å². The Kier molecular flexibility index (Phi) is 5.49. The highest BCUT2D eigenvalue weighted by molar-refractivity contribution is 5.67. The maximum Gasteiger partial charge on any atom is 0.208 e. The van der Waals surface area contributed by atoms with E-state index in [9.17, 15) is 0 Å². The van der Waals surface area contributed by atoms with Crippen molar-refractivity contribution in [1.29, 1.82) is 0 Å². The summed E-state index contributed by atoms with van der Waals surface area (Å²) in [6.07, 6.45) is 0. The number of hydrogen-bond acceptors (Lipinski definition) is 4. The van der Waals surface area contributed by atoms with Crippen LogP contribution in [-0.2, 0) is 4.74 Å². The highest BCUT2D eigenvalue weighted by Crippen LogP contribution is 2.35. The lowest BCUT2D eigenvalue weighted by Crippen LogP contribution is -2.20. The van der Waals surface area contributed by atoms with E-state index in [1.807, 2.05) is 18.2 Å². The molecule has 1 aliphatic heterocycles. The Balaban J connectivity index is 1.78. The predicted molar refractivity (Wildman–Crippen MR) is 102 cm³/mol. The number of hydrogen-bond donors (Lipinski definition) is 0. The second-order valence-electron chi connectivity index (χ2n) is 6.46. The van der Waals surface area contributed by atoms with Crippen molar-refractivity contribution >= 4 is 11.4 Å². The van der Waals surface area contributed by atoms with Crippen LogP contribution in [0.15, 0.2) is 36.4 Å². The molecule has 132 valence electrons. The highest BCUT2D eigenvalue weighted by Gasteiger charge is 2.26. The molecule has 1 fully saturated rings. The van der Waals surface area contributed by atoms with Crippen molar-refractivity contribution in [3.05, 3.63) is 59.8 Å². The molecule has 25 heavy (non-hydrogen) atoms. The van der Waals surface area contributed by atoms with E-state index < -0.39 is 0 Å². The largest absolute Gasteiger partial charge is 0.489 e. The van der Waals surface area contributed by atoms with Crippen LogP contribution in [0.1, 0.15) is 16.7 Å². The third kappa shape index (κ3) is 3.90. The fourth-order valence-electron chi connectivity index (χ4n) is 3.42. The quantitative estimate of drug-likeness (QED) is 0.744. The smallest absolute Gasteiger partial charge is 0.208 e. The number of ether oxygens (including phenoxy) is 2. The molecule has 0 aliphatic carbocycles. The molecule has 0 saturated carbocycles. The molecule has 1 heterocycles. The summed E-state index contributed by atoms with van der Waals surface area (Å²) in [5.74, 6) is 0.867. The number of para-hydroxylation sites is 2. The molecular formula is C21H26N2O2. The van der Waals surface area contributed by atoms with Crippen LogP contribution in [0.4, 0.5) is 11.4 Å². The minimum Gasteiger partial charge on any atom is -0.489 e. The number of aryl methyl sites for hydroxylation is 3. The minimum atomic E-state index is 0.543. The van der Waals surface area contributed by atoms with Gasteiger partial charge in [0, 0.05) is 25.9 Å². The van der Waals surface area contributed by atoms with Gasteiger partial charge in [0.05, 0.1) is 12.3 Å². The molecule has 2 aromatic rings. The van der Waals surface area contributed by atoms with E-state index in [1.165, 1.54) is 22.4 Å². The van der Waals surface area contributed by atoms with Gasteiger partial charge in [-0.25, -0.2) is 0 Å². The van der Waals surface area contributed by atoms with Crippen LogP contribution in [0.25, 0.3) is 0 Å². The SMILES string of the molecule is COCCOc1ccccc1N1[C]N(c2c(C)cc(C)cc2C)CC1. The van der Waals surface area contributed by atoms with Crippen molar-refractivity contribution in [3.8, 4) is 5.75 Å². The van der Waals surface area contributed by atoms with Crippen LogP contribution in [0.5, 0.6) is 5.75 Å². The first kappa shape index (κ1) is 17.6. The lowest BCUT2D eigenvalue weighted by molar-refractivity contribution is 0.146. The summed E-state index contributed by atoms with van der Waals surface area (Å²) >= 11 is 0. The van der Waals surface area contributed by atoms with E-state index in [4.69, 9.17) is 9.47 Å². The topological polar surface area (TPSA) is 24.9 Å². The summed E-state index contributed by atoms with van der Waals surface area (Å²) in [6, 6.07) is 12.6. The fraction of sp³-hybridized carbons (Fsp3) is 0.381. The summed E-state index contributed by atoms with van der Waals surface area (Å²) in [5.41, 5.74) is 6.18. The van der Waals surface area contributed by atoms with E-state index in [0.29, 0.717) is 13.2 Å². The predicted octanol–water partition coefficient (Wildman–Crippen LogP) is 3.96. The third-order valence-corrected chi connectivity index (χ3v) is 4.40. The average molecular weight is 338 g/mol. The number of benzene rings is 2. The van der Waals surface area contributed by atoms with E-state index in [0.717, 1.165) is 24.5 Å². The molecule has 0 unspecified atom stereocenters. The van der Waals surface area contributed by atoms with Crippen LogP contribution in [0.3, 0.4) is 0 Å². The minimum absolute atomic E-state index is 0.543. The lowest BCUT2D eigenvalue weighted by atomic mass is 10.0. The zero-order valence-corrected chi connectivity index (χ0v) is 15.5. The summed E-state index contributed by atoms with van der Waals surface area (Å²) in [7, 11) is 1.68. The number of methoxy groups -OCH3 is 1. The van der Waals surface area contributed by atoms with Gasteiger partial charge in [0.15, 0.2) is 0 Å². The fourth-order valence-corrected chi connectivity index (χ4v) is 3.42. The van der Waals surface area contributed by atoms with Crippen LogP contribution < -0.4 is 14.5 Å². The van der Waals surface area contributed by atoms with E-state index in [1.54, 1.807) is 7.11 Å². The van der Waals surface area contributed by atoms with Gasteiger partial charge >= 0.3 is 0 Å². The Morgan fingerprint density at radius 1 is 0.960 bits per heavy atom. The molecule has 1 saturated heterocycles. The van der Waals surface area contributed by atoms with Gasteiger partial charge in [0.2, 0.25) is 6.67 Å². The van der Waals surface area contributed by atoms with Crippen molar-refractivity contribution in [2.75, 3.05) is 43.2 Å². The van der Waals surface area contributed by atoms with Crippen molar-refractivity contribution in [1.82, 2.24) is 0 Å². The molecular weight excluding hydrogens is 312 g/mol. The first-order valence-electron chi connectivity index (χ1n) is 8.70. The van der Waals surface area contributed by atoms with Crippen molar-refractivity contribution in [3.63, 3.8) is 0 Å². The first-order chi connectivity index (χ1) is 12.1. The first-order valence-corrected chi connectivity index (χ1v) is 8.70. The van der Waals surface area contributed by atoms with E-state index in [2.05, 4.69) is 55.4 Å². The average Bonchev–Trinajstić information content (AvgIpc) is 3.04. The maximum absolute atomic E-state index is 5.87. The molecule has 0 spiro atoms. The van der Waals surface area contributed by atoms with Crippen LogP contribution >= 0.6 is 0 Å². The molecule has 2 radical (unpaired) electrons. The molecule has 0 amide bonds. The highest BCUT2D eigenvalue weighted by atomic mass is 16.5. The number of anilines is 2. The standard InChI is InChI=1S/C21H26N2O2/c1-16-13-17(2)21(18(3)14-16)23-10-9-22(15-23)19-7-5-6-8-20(19)25-12-11-24-4/h5-8,13-14H,9-12H2,1-4H3. The molecule has 0 N–H and O–H groups in total. The summed E-state index contributed by atoms with van der Waals surface area (Å²) in [6.45, 7) is 12.9. The van der Waals surface area contributed by atoms with Gasteiger partial charge in [0.25, 0.3) is 0 Å². The Labute approximate surface area is 151 Å². The van der Waals surface area contributed by atoms with Gasteiger partial charge in [-0.3, -0.25) is 0 Å². The molecule has 0 aromatic heterocycles. The Bertz CT molecular complexity index is 707. The van der Waals surface area contributed by atoms with Gasteiger partial charge in [-0.15, -0.1) is 0 Å². The molecule has 2 aromatic carbocycles. The van der Waals surface area contributed by atoms with E-state index in [-0.39, 0.29) is 0 Å². The monoisotopic (exact) mass is 338 g/mol. The second-order valence-corrected chi connectivity index (χ2v) is 6.46. The second kappa shape index (κ2) is 7.79. The maximum atomic E-state index is 5.87. The van der Waals surface area contributed by atoms with Crippen LogP contribution in [-0.4, -0.2) is 33.4 Å². The summed E-state index contributed by atoms with van der Waals surface area (Å²) < 4.78 is 10.9. The molecule has 4 nitrogen and oxygen atoms in total. The van der Waals surface area contributed by atoms with Gasteiger partial charge in [-0.1, -0.05) is 29.8 Å². The third-order valence-electron chi connectivity index (χ3n) is 4.40. The lowest BCUT2D eigenvalue weighted by Gasteiger charge is -2.24. The zero-order valence-electron chi connectivity index (χ0n) is 15.5. The van der Waals surface area contributed by atoms with Gasteiger partial charge < -0.3 is 19.3 Å². The molecule has 0 atom stereocenters. The van der Waals surface area contributed by atoms with Gasteiger partial charge in [0.1, 0.15) is 12.4 Å². The normalized spacial score (nSPS) is 14.2. The molecule has 1 aliphatic rings. The van der Waals surface area contributed by atoms with Crippen molar-refractivity contribution in [2.45, 2.75) is 20.8 Å². The van der Waals surface area contributed by atoms with Gasteiger partial charge in [-0.2, -0.15) is 0 Å². The van der Waals surface area contributed by atoms with Gasteiger partial charge in [-0.05, 0) is 44.0 Å². The molecule has 4 heteroatoms. The summed E-state index contributed by atoms with van der Waals surface area (Å²) in [5, 5.41) is 0. The Morgan fingerprint density at radius 2 is 1.64 bits per heavy atom. The number of rotatable bonds is 6. The summed E-state index contributed by atoms with van der Waals surface area (Å²) in [4.78, 5) is 4.36. The van der Waals surface area contributed by atoms with Crippen LogP contribution in [0.2, 0.25) is 0 Å². The molecule has 0 bridgehead atoms. The van der Waals surface area contributed by atoms with Crippen molar-refractivity contribution < 1.29 is 9.47 Å². The Morgan fingerprint density at radius 3 is 2.36 bits per heavy atom. The zero-order chi connectivity index (χ0) is 17.8. The Hall–Kier alpha value is -2.20. The van der Waals surface area contributed by atoms with Crippen molar-refractivity contribution in [2.24, 2.45) is 0 Å². The number of nitrogens with zero attached hydrogens (tertiary/aromatic N) is 2.